The van der Waals surface area contributed by atoms with E-state index in [4.69, 9.17) is 19.8 Å². The van der Waals surface area contributed by atoms with E-state index >= 15 is 0 Å². The summed E-state index contributed by atoms with van der Waals surface area (Å²) in [6, 6.07) is 7.31. The molecule has 1 aliphatic rings. The zero-order valence-electron chi connectivity index (χ0n) is 11.4. The maximum Gasteiger partial charge on any atom is 0.306 e. The van der Waals surface area contributed by atoms with E-state index < -0.39 is 5.97 Å². The first-order valence-corrected chi connectivity index (χ1v) is 7.52. The highest BCUT2D eigenvalue weighted by molar-refractivity contribution is 9.10. The number of hydrogen-bond donors (Lipinski definition) is 1. The second-order valence-corrected chi connectivity index (χ2v) is 5.96. The van der Waals surface area contributed by atoms with E-state index in [1.807, 2.05) is 0 Å². The van der Waals surface area contributed by atoms with Crippen LogP contribution in [-0.2, 0) is 9.53 Å². The Hall–Kier alpha value is -1.58. The van der Waals surface area contributed by atoms with Crippen LogP contribution in [-0.4, -0.2) is 30.9 Å². The maximum absolute atomic E-state index is 10.7. The normalized spacial score (nSPS) is 20.4. The summed E-state index contributed by atoms with van der Waals surface area (Å²) in [6.07, 6.45) is 1.39. The predicted octanol–water partition coefficient (Wildman–Crippen LogP) is 2.83. The summed E-state index contributed by atoms with van der Waals surface area (Å²) in [5.41, 5.74) is 0.487. The van der Waals surface area contributed by atoms with Crippen molar-refractivity contribution >= 4 is 21.9 Å². The van der Waals surface area contributed by atoms with Crippen LogP contribution in [0.4, 0.5) is 0 Å². The Morgan fingerprint density at radius 3 is 2.86 bits per heavy atom. The van der Waals surface area contributed by atoms with Crippen molar-refractivity contribution in [3.8, 4) is 11.8 Å². The lowest BCUT2D eigenvalue weighted by Gasteiger charge is -2.31. The highest BCUT2D eigenvalue weighted by atomic mass is 79.9. The zero-order valence-corrected chi connectivity index (χ0v) is 13.0. The number of carbonyl (C=O) groups is 1. The van der Waals surface area contributed by atoms with E-state index in [-0.39, 0.29) is 5.92 Å². The Morgan fingerprint density at radius 1 is 1.43 bits per heavy atom. The Labute approximate surface area is 131 Å². The van der Waals surface area contributed by atoms with Crippen molar-refractivity contribution in [2.45, 2.75) is 12.8 Å². The van der Waals surface area contributed by atoms with Gasteiger partial charge in [0.25, 0.3) is 0 Å². The predicted molar refractivity (Wildman–Crippen MR) is 79.0 cm³/mol. The molecule has 1 aromatic carbocycles. The van der Waals surface area contributed by atoms with Gasteiger partial charge in [-0.15, -0.1) is 0 Å². The fourth-order valence-corrected chi connectivity index (χ4v) is 2.58. The lowest BCUT2D eigenvalue weighted by atomic mass is 9.75. The van der Waals surface area contributed by atoms with Crippen LogP contribution in [0.5, 0.6) is 5.75 Å². The SMILES string of the molecule is N#Cc1ccc(Br)cc1OCCOCC1CC(C(=O)O)C1. The lowest BCUT2D eigenvalue weighted by molar-refractivity contribution is -0.147. The van der Waals surface area contributed by atoms with Crippen molar-refractivity contribution in [1.82, 2.24) is 0 Å². The molecule has 1 N–H and O–H groups in total. The van der Waals surface area contributed by atoms with Crippen LogP contribution in [0.1, 0.15) is 18.4 Å². The number of rotatable bonds is 7. The van der Waals surface area contributed by atoms with Gasteiger partial charge >= 0.3 is 5.97 Å². The van der Waals surface area contributed by atoms with Crippen LogP contribution in [0.15, 0.2) is 22.7 Å². The third-order valence-electron chi connectivity index (χ3n) is 3.49. The van der Waals surface area contributed by atoms with Gasteiger partial charge in [-0.05, 0) is 37.0 Å². The van der Waals surface area contributed by atoms with Gasteiger partial charge < -0.3 is 14.6 Å². The summed E-state index contributed by atoms with van der Waals surface area (Å²) in [5.74, 6) is -0.0420. The smallest absolute Gasteiger partial charge is 0.306 e. The van der Waals surface area contributed by atoms with Crippen molar-refractivity contribution in [2.24, 2.45) is 11.8 Å². The molecular formula is C15H16BrNO4. The van der Waals surface area contributed by atoms with Crippen molar-refractivity contribution < 1.29 is 19.4 Å². The number of nitrogens with zero attached hydrogens (tertiary/aromatic N) is 1. The minimum Gasteiger partial charge on any atom is -0.490 e. The second kappa shape index (κ2) is 7.43. The molecule has 1 aromatic rings. The summed E-state index contributed by atoms with van der Waals surface area (Å²) in [5, 5.41) is 17.7. The van der Waals surface area contributed by atoms with E-state index in [0.29, 0.717) is 49.9 Å². The van der Waals surface area contributed by atoms with Crippen LogP contribution < -0.4 is 4.74 Å². The van der Waals surface area contributed by atoms with Crippen molar-refractivity contribution in [2.75, 3.05) is 19.8 Å². The molecule has 21 heavy (non-hydrogen) atoms. The fraction of sp³-hybridized carbons (Fsp3) is 0.467. The van der Waals surface area contributed by atoms with Gasteiger partial charge in [-0.1, -0.05) is 15.9 Å². The average molecular weight is 354 g/mol. The second-order valence-electron chi connectivity index (χ2n) is 5.05. The molecule has 0 heterocycles. The molecule has 0 atom stereocenters. The van der Waals surface area contributed by atoms with Gasteiger partial charge in [0.1, 0.15) is 18.4 Å². The first-order chi connectivity index (χ1) is 10.1. The Morgan fingerprint density at radius 2 is 2.19 bits per heavy atom. The Bertz CT molecular complexity index is 549. The monoisotopic (exact) mass is 353 g/mol. The number of aliphatic carboxylic acids is 1. The van der Waals surface area contributed by atoms with Gasteiger partial charge in [-0.3, -0.25) is 4.79 Å². The largest absolute Gasteiger partial charge is 0.490 e. The van der Waals surface area contributed by atoms with Crippen LogP contribution in [0.3, 0.4) is 0 Å². The van der Waals surface area contributed by atoms with Gasteiger partial charge in [-0.25, -0.2) is 0 Å². The molecule has 0 bridgehead atoms. The summed E-state index contributed by atoms with van der Waals surface area (Å²) < 4.78 is 11.9. The van der Waals surface area contributed by atoms with Crippen LogP contribution >= 0.6 is 15.9 Å². The number of hydrogen-bond acceptors (Lipinski definition) is 4. The van der Waals surface area contributed by atoms with Gasteiger partial charge in [0.05, 0.1) is 18.1 Å². The molecule has 5 nitrogen and oxygen atoms in total. The number of ether oxygens (including phenoxy) is 2. The summed E-state index contributed by atoms with van der Waals surface area (Å²) in [7, 11) is 0. The molecular weight excluding hydrogens is 338 g/mol. The minimum atomic E-state index is -0.715. The molecule has 6 heteroatoms. The highest BCUT2D eigenvalue weighted by Gasteiger charge is 2.34. The van der Waals surface area contributed by atoms with Crippen molar-refractivity contribution in [3.05, 3.63) is 28.2 Å². The van der Waals surface area contributed by atoms with E-state index in [9.17, 15) is 4.79 Å². The Balaban J connectivity index is 1.64. The highest BCUT2D eigenvalue weighted by Crippen LogP contribution is 2.33. The number of carboxylic acid groups (broad SMARTS) is 1. The molecule has 2 rings (SSSR count). The Kier molecular flexibility index (Phi) is 5.59. The van der Waals surface area contributed by atoms with Crippen LogP contribution in [0.25, 0.3) is 0 Å². The van der Waals surface area contributed by atoms with Gasteiger partial charge in [0.2, 0.25) is 0 Å². The molecule has 1 saturated carbocycles. The van der Waals surface area contributed by atoms with E-state index in [2.05, 4.69) is 22.0 Å². The average Bonchev–Trinajstić information content (AvgIpc) is 2.40. The number of nitriles is 1. The van der Waals surface area contributed by atoms with Crippen molar-refractivity contribution in [3.63, 3.8) is 0 Å². The number of benzene rings is 1. The van der Waals surface area contributed by atoms with E-state index in [1.165, 1.54) is 0 Å². The van der Waals surface area contributed by atoms with Crippen molar-refractivity contribution in [1.29, 1.82) is 5.26 Å². The molecule has 0 amide bonds. The van der Waals surface area contributed by atoms with Crippen LogP contribution in [0.2, 0.25) is 0 Å². The molecule has 0 saturated heterocycles. The quantitative estimate of drug-likeness (QED) is 0.762. The third kappa shape index (κ3) is 4.45. The zero-order chi connectivity index (χ0) is 15.2. The number of carboxylic acids is 1. The molecule has 0 spiro atoms. The summed E-state index contributed by atoms with van der Waals surface area (Å²) >= 11 is 3.33. The minimum absolute atomic E-state index is 0.199. The molecule has 1 fully saturated rings. The molecule has 0 aromatic heterocycles. The molecule has 0 radical (unpaired) electrons. The van der Waals surface area contributed by atoms with Crippen LogP contribution in [0, 0.1) is 23.2 Å². The summed E-state index contributed by atoms with van der Waals surface area (Å²) in [6.45, 7) is 1.35. The van der Waals surface area contributed by atoms with E-state index in [0.717, 1.165) is 4.47 Å². The maximum atomic E-state index is 10.7. The number of halogens is 1. The van der Waals surface area contributed by atoms with Gasteiger partial charge in [0, 0.05) is 11.1 Å². The first kappa shape index (κ1) is 15.8. The lowest BCUT2D eigenvalue weighted by Crippen LogP contribution is -2.33. The molecule has 112 valence electrons. The van der Waals surface area contributed by atoms with Gasteiger partial charge in [0.15, 0.2) is 0 Å². The first-order valence-electron chi connectivity index (χ1n) is 6.73. The third-order valence-corrected chi connectivity index (χ3v) is 3.98. The fourth-order valence-electron chi connectivity index (χ4n) is 2.24. The topological polar surface area (TPSA) is 79.5 Å². The molecule has 0 aliphatic heterocycles. The van der Waals surface area contributed by atoms with E-state index in [1.54, 1.807) is 18.2 Å². The van der Waals surface area contributed by atoms with Gasteiger partial charge in [-0.2, -0.15) is 5.26 Å². The molecule has 0 unspecified atom stereocenters. The molecule has 1 aliphatic carbocycles. The standard InChI is InChI=1S/C15H16BrNO4/c16-13-2-1-11(8-17)14(7-13)21-4-3-20-9-10-5-12(6-10)15(18)19/h1-2,7,10,12H,3-6,9H2,(H,18,19). The summed E-state index contributed by atoms with van der Waals surface area (Å²) in [4.78, 5) is 10.7.